The number of morpholine rings is 1. The van der Waals surface area contributed by atoms with Crippen molar-refractivity contribution in [2.24, 2.45) is 5.92 Å². The van der Waals surface area contributed by atoms with Crippen LogP contribution >= 0.6 is 0 Å². The van der Waals surface area contributed by atoms with E-state index < -0.39 is 10.0 Å². The summed E-state index contributed by atoms with van der Waals surface area (Å²) in [5.41, 5.74) is 0. The minimum Gasteiger partial charge on any atom is -0.494 e. The van der Waals surface area contributed by atoms with Crippen LogP contribution in [0.2, 0.25) is 0 Å². The van der Waals surface area contributed by atoms with E-state index in [-0.39, 0.29) is 0 Å². The molecule has 7 heteroatoms. The summed E-state index contributed by atoms with van der Waals surface area (Å²) in [5, 5.41) is 0. The quantitative estimate of drug-likeness (QED) is 0.767. The minimum atomic E-state index is -3.41. The van der Waals surface area contributed by atoms with Crippen LogP contribution in [0.1, 0.15) is 19.8 Å². The van der Waals surface area contributed by atoms with Crippen molar-refractivity contribution < 1.29 is 17.9 Å². The van der Waals surface area contributed by atoms with Gasteiger partial charge in [-0.2, -0.15) is 4.31 Å². The van der Waals surface area contributed by atoms with Crippen LogP contribution in [0.15, 0.2) is 29.2 Å². The first-order chi connectivity index (χ1) is 12.1. The normalized spacial score (nSPS) is 21.3. The largest absolute Gasteiger partial charge is 0.494 e. The van der Waals surface area contributed by atoms with Gasteiger partial charge in [0.25, 0.3) is 0 Å². The van der Waals surface area contributed by atoms with Gasteiger partial charge in [-0.1, -0.05) is 0 Å². The van der Waals surface area contributed by atoms with Crippen molar-refractivity contribution in [2.75, 3.05) is 52.5 Å². The van der Waals surface area contributed by atoms with E-state index in [0.29, 0.717) is 36.3 Å². The fourth-order valence-electron chi connectivity index (χ4n) is 3.50. The van der Waals surface area contributed by atoms with Gasteiger partial charge in [0.15, 0.2) is 0 Å². The van der Waals surface area contributed by atoms with E-state index in [1.54, 1.807) is 28.6 Å². The van der Waals surface area contributed by atoms with Crippen molar-refractivity contribution in [3.05, 3.63) is 24.3 Å². The maximum absolute atomic E-state index is 12.8. The highest BCUT2D eigenvalue weighted by Crippen LogP contribution is 2.25. The fraction of sp³-hybridized carbons (Fsp3) is 0.667. The lowest BCUT2D eigenvalue weighted by molar-refractivity contribution is 0.0269. The zero-order valence-corrected chi connectivity index (χ0v) is 15.7. The number of hydrogen-bond acceptors (Lipinski definition) is 5. The first-order valence-corrected chi connectivity index (χ1v) is 10.6. The highest BCUT2D eigenvalue weighted by atomic mass is 32.2. The first kappa shape index (κ1) is 18.6. The zero-order valence-electron chi connectivity index (χ0n) is 14.9. The molecular weight excluding hydrogens is 340 g/mol. The molecule has 0 amide bonds. The van der Waals surface area contributed by atoms with Crippen LogP contribution in [0.25, 0.3) is 0 Å². The van der Waals surface area contributed by atoms with Crippen molar-refractivity contribution in [2.45, 2.75) is 24.7 Å². The van der Waals surface area contributed by atoms with Crippen LogP contribution in [-0.4, -0.2) is 70.2 Å². The highest BCUT2D eigenvalue weighted by Gasteiger charge is 2.30. The van der Waals surface area contributed by atoms with Crippen LogP contribution < -0.4 is 4.74 Å². The molecular formula is C18H28N2O4S. The van der Waals surface area contributed by atoms with E-state index in [1.165, 1.54) is 0 Å². The van der Waals surface area contributed by atoms with Crippen molar-refractivity contribution in [1.82, 2.24) is 9.21 Å². The van der Waals surface area contributed by atoms with Gasteiger partial charge in [0.05, 0.1) is 24.7 Å². The summed E-state index contributed by atoms with van der Waals surface area (Å²) in [6, 6.07) is 6.73. The third kappa shape index (κ3) is 4.73. The number of nitrogens with zero attached hydrogens (tertiary/aromatic N) is 2. The standard InChI is InChI=1S/C18H28N2O4S/c1-2-24-17-3-5-18(6-4-17)25(21,22)20-9-7-16(8-10-20)15-19-11-13-23-14-12-19/h3-6,16H,2,7-15H2,1H3. The van der Waals surface area contributed by atoms with Crippen molar-refractivity contribution in [3.8, 4) is 5.75 Å². The van der Waals surface area contributed by atoms with Gasteiger partial charge in [-0.3, -0.25) is 4.90 Å². The van der Waals surface area contributed by atoms with Gasteiger partial charge < -0.3 is 9.47 Å². The molecule has 2 saturated heterocycles. The first-order valence-electron chi connectivity index (χ1n) is 9.12. The van der Waals surface area contributed by atoms with Crippen LogP contribution in [0, 0.1) is 5.92 Å². The molecule has 2 aliphatic heterocycles. The topological polar surface area (TPSA) is 59.1 Å². The maximum Gasteiger partial charge on any atom is 0.243 e. The summed E-state index contributed by atoms with van der Waals surface area (Å²) >= 11 is 0. The third-order valence-electron chi connectivity index (χ3n) is 4.97. The Labute approximate surface area is 150 Å². The summed E-state index contributed by atoms with van der Waals surface area (Å²) in [6.07, 6.45) is 1.85. The molecule has 0 saturated carbocycles. The van der Waals surface area contributed by atoms with Gasteiger partial charge in [0.1, 0.15) is 5.75 Å². The smallest absolute Gasteiger partial charge is 0.243 e. The second-order valence-corrected chi connectivity index (χ2v) is 8.60. The number of rotatable bonds is 6. The van der Waals surface area contributed by atoms with Crippen LogP contribution in [0.3, 0.4) is 0 Å². The van der Waals surface area contributed by atoms with E-state index in [0.717, 1.165) is 45.7 Å². The Morgan fingerprint density at radius 3 is 2.32 bits per heavy atom. The molecule has 3 rings (SSSR count). The SMILES string of the molecule is CCOc1ccc(S(=O)(=O)N2CCC(CN3CCOCC3)CC2)cc1. The number of ether oxygens (including phenoxy) is 2. The second kappa shape index (κ2) is 8.49. The average Bonchev–Trinajstić information content (AvgIpc) is 2.64. The highest BCUT2D eigenvalue weighted by molar-refractivity contribution is 7.89. The minimum absolute atomic E-state index is 0.350. The van der Waals surface area contributed by atoms with Gasteiger partial charge in [-0.05, 0) is 49.9 Å². The summed E-state index contributed by atoms with van der Waals surface area (Å²) in [6.45, 7) is 8.34. The van der Waals surface area contributed by atoms with Gasteiger partial charge in [-0.15, -0.1) is 0 Å². The van der Waals surface area contributed by atoms with Crippen LogP contribution in [-0.2, 0) is 14.8 Å². The Morgan fingerprint density at radius 1 is 1.08 bits per heavy atom. The lowest BCUT2D eigenvalue weighted by Gasteiger charge is -2.35. The third-order valence-corrected chi connectivity index (χ3v) is 6.88. The Bertz CT molecular complexity index is 634. The molecule has 0 bridgehead atoms. The van der Waals surface area contributed by atoms with Gasteiger partial charge in [-0.25, -0.2) is 8.42 Å². The number of benzene rings is 1. The monoisotopic (exact) mass is 368 g/mol. The molecule has 0 atom stereocenters. The summed E-state index contributed by atoms with van der Waals surface area (Å²) in [4.78, 5) is 2.78. The molecule has 0 spiro atoms. The summed E-state index contributed by atoms with van der Waals surface area (Å²) in [5.74, 6) is 1.27. The Morgan fingerprint density at radius 2 is 1.72 bits per heavy atom. The Kier molecular flexibility index (Phi) is 6.33. The van der Waals surface area contributed by atoms with Crippen molar-refractivity contribution in [1.29, 1.82) is 0 Å². The predicted octanol–water partition coefficient (Wildman–Crippen LogP) is 1.82. The van der Waals surface area contributed by atoms with E-state index in [9.17, 15) is 8.42 Å². The molecule has 0 unspecified atom stereocenters. The summed E-state index contributed by atoms with van der Waals surface area (Å²) in [7, 11) is -3.41. The molecule has 0 radical (unpaired) electrons. The Balaban J connectivity index is 1.55. The molecule has 1 aromatic carbocycles. The lowest BCUT2D eigenvalue weighted by Crippen LogP contribution is -2.44. The van der Waals surface area contributed by atoms with Gasteiger partial charge >= 0.3 is 0 Å². The molecule has 0 N–H and O–H groups in total. The molecule has 6 nitrogen and oxygen atoms in total. The summed E-state index contributed by atoms with van der Waals surface area (Å²) < 4.78 is 38.0. The molecule has 2 aliphatic rings. The number of piperidine rings is 1. The van der Waals surface area contributed by atoms with E-state index in [2.05, 4.69) is 4.90 Å². The molecule has 140 valence electrons. The molecule has 25 heavy (non-hydrogen) atoms. The van der Waals surface area contributed by atoms with Crippen molar-refractivity contribution >= 4 is 10.0 Å². The van der Waals surface area contributed by atoms with E-state index in [4.69, 9.17) is 9.47 Å². The second-order valence-electron chi connectivity index (χ2n) is 6.66. The Hall–Kier alpha value is -1.15. The van der Waals surface area contributed by atoms with Gasteiger partial charge in [0, 0.05) is 32.7 Å². The predicted molar refractivity (Wildman–Crippen MR) is 96.4 cm³/mol. The maximum atomic E-state index is 12.8. The van der Waals surface area contributed by atoms with Crippen LogP contribution in [0.4, 0.5) is 0 Å². The lowest BCUT2D eigenvalue weighted by atomic mass is 9.97. The number of sulfonamides is 1. The van der Waals surface area contributed by atoms with Crippen LogP contribution in [0.5, 0.6) is 5.75 Å². The number of hydrogen-bond donors (Lipinski definition) is 0. The molecule has 2 heterocycles. The van der Waals surface area contributed by atoms with E-state index in [1.807, 2.05) is 6.92 Å². The van der Waals surface area contributed by atoms with E-state index >= 15 is 0 Å². The van der Waals surface area contributed by atoms with Crippen molar-refractivity contribution in [3.63, 3.8) is 0 Å². The molecule has 2 fully saturated rings. The fourth-order valence-corrected chi connectivity index (χ4v) is 4.97. The molecule has 0 aromatic heterocycles. The molecule has 1 aromatic rings. The average molecular weight is 368 g/mol. The van der Waals surface area contributed by atoms with Gasteiger partial charge in [0.2, 0.25) is 10.0 Å². The molecule has 0 aliphatic carbocycles. The zero-order chi connectivity index (χ0) is 17.7.